The summed E-state index contributed by atoms with van der Waals surface area (Å²) >= 11 is 0. The van der Waals surface area contributed by atoms with E-state index in [9.17, 15) is 18.8 Å². The van der Waals surface area contributed by atoms with Crippen LogP contribution >= 0.6 is 0 Å². The molecule has 0 fully saturated rings. The molecule has 0 aliphatic heterocycles. The van der Waals surface area contributed by atoms with Gasteiger partial charge in [-0.3, -0.25) is 9.59 Å². The maximum absolute atomic E-state index is 13.0. The van der Waals surface area contributed by atoms with Gasteiger partial charge in [-0.2, -0.15) is 0 Å². The van der Waals surface area contributed by atoms with Crippen LogP contribution in [0.4, 0.5) is 10.1 Å². The number of esters is 1. The van der Waals surface area contributed by atoms with Crippen LogP contribution in [-0.2, 0) is 20.7 Å². The Bertz CT molecular complexity index is 1020. The summed E-state index contributed by atoms with van der Waals surface area (Å²) in [4.78, 5) is 37.2. The number of nitrogens with one attached hydrogen (secondary N) is 2. The van der Waals surface area contributed by atoms with Crippen LogP contribution in [0.3, 0.4) is 0 Å². The van der Waals surface area contributed by atoms with E-state index in [1.807, 2.05) is 30.3 Å². The van der Waals surface area contributed by atoms with Gasteiger partial charge < -0.3 is 15.4 Å². The van der Waals surface area contributed by atoms with Gasteiger partial charge >= 0.3 is 5.97 Å². The largest absolute Gasteiger partial charge is 0.454 e. The first kappa shape index (κ1) is 21.7. The van der Waals surface area contributed by atoms with Crippen molar-refractivity contribution in [2.75, 3.05) is 11.9 Å². The number of anilines is 1. The van der Waals surface area contributed by atoms with Gasteiger partial charge in [-0.25, -0.2) is 9.18 Å². The summed E-state index contributed by atoms with van der Waals surface area (Å²) in [5.74, 6) is -2.16. The second kappa shape index (κ2) is 10.7. The fraction of sp³-hybridized carbons (Fsp3) is 0.125. The lowest BCUT2D eigenvalue weighted by Crippen LogP contribution is -2.44. The minimum absolute atomic E-state index is 0.206. The summed E-state index contributed by atoms with van der Waals surface area (Å²) in [6.45, 7) is -0.539. The lowest BCUT2D eigenvalue weighted by atomic mass is 10.1. The smallest absolute Gasteiger partial charge is 0.329 e. The van der Waals surface area contributed by atoms with E-state index in [4.69, 9.17) is 4.74 Å². The van der Waals surface area contributed by atoms with Crippen LogP contribution in [0.5, 0.6) is 0 Å². The Morgan fingerprint density at radius 2 is 1.45 bits per heavy atom. The van der Waals surface area contributed by atoms with E-state index in [1.165, 1.54) is 24.3 Å². The van der Waals surface area contributed by atoms with E-state index < -0.39 is 36.2 Å². The summed E-state index contributed by atoms with van der Waals surface area (Å²) in [5, 5.41) is 5.18. The monoisotopic (exact) mass is 420 g/mol. The number of rotatable bonds is 8. The third kappa shape index (κ3) is 6.78. The lowest BCUT2D eigenvalue weighted by Gasteiger charge is -2.18. The Balaban J connectivity index is 1.62. The number of carbonyl (C=O) groups excluding carboxylic acids is 3. The van der Waals surface area contributed by atoms with Crippen molar-refractivity contribution in [2.24, 2.45) is 0 Å². The third-order valence-electron chi connectivity index (χ3n) is 4.38. The highest BCUT2D eigenvalue weighted by Gasteiger charge is 2.24. The number of hydrogen-bond acceptors (Lipinski definition) is 4. The standard InChI is InChI=1S/C24H21FN2O4/c25-19-11-13-20(14-12-19)26-22(28)16-31-24(30)21(15-17-7-3-1-4-8-17)27-23(29)18-9-5-2-6-10-18/h1-14,21H,15-16H2,(H,26,28)(H,27,29)/t21-/m0/s1. The molecule has 2 N–H and O–H groups in total. The predicted octanol–water partition coefficient (Wildman–Crippen LogP) is 3.35. The molecule has 2 amide bonds. The van der Waals surface area contributed by atoms with Gasteiger partial charge in [0.05, 0.1) is 0 Å². The fourth-order valence-electron chi connectivity index (χ4n) is 2.84. The van der Waals surface area contributed by atoms with Crippen LogP contribution in [-0.4, -0.2) is 30.4 Å². The van der Waals surface area contributed by atoms with Crippen LogP contribution in [0.25, 0.3) is 0 Å². The van der Waals surface area contributed by atoms with E-state index in [1.54, 1.807) is 30.3 Å². The molecule has 3 aromatic rings. The molecule has 0 aromatic heterocycles. The van der Waals surface area contributed by atoms with Crippen LogP contribution in [0.1, 0.15) is 15.9 Å². The molecule has 0 saturated heterocycles. The highest BCUT2D eigenvalue weighted by molar-refractivity contribution is 5.97. The molecular formula is C24H21FN2O4. The average molecular weight is 420 g/mol. The SMILES string of the molecule is O=C(COC(=O)[C@H](Cc1ccccc1)NC(=O)c1ccccc1)Nc1ccc(F)cc1. The fourth-order valence-corrected chi connectivity index (χ4v) is 2.84. The Labute approximate surface area is 179 Å². The summed E-state index contributed by atoms with van der Waals surface area (Å²) in [5.41, 5.74) is 1.61. The van der Waals surface area contributed by atoms with E-state index in [-0.39, 0.29) is 6.42 Å². The third-order valence-corrected chi connectivity index (χ3v) is 4.38. The first-order chi connectivity index (χ1) is 15.0. The molecule has 0 unspecified atom stereocenters. The molecular weight excluding hydrogens is 399 g/mol. The van der Waals surface area contributed by atoms with Crippen LogP contribution in [0.2, 0.25) is 0 Å². The second-order valence-electron chi connectivity index (χ2n) is 6.74. The molecule has 7 heteroatoms. The zero-order valence-electron chi connectivity index (χ0n) is 16.6. The van der Waals surface area contributed by atoms with Crippen LogP contribution in [0, 0.1) is 5.82 Å². The number of benzene rings is 3. The van der Waals surface area contributed by atoms with Crippen molar-refractivity contribution in [3.63, 3.8) is 0 Å². The molecule has 6 nitrogen and oxygen atoms in total. The minimum atomic E-state index is -0.978. The Morgan fingerprint density at radius 1 is 0.839 bits per heavy atom. The van der Waals surface area contributed by atoms with Gasteiger partial charge in [0, 0.05) is 17.7 Å². The van der Waals surface area contributed by atoms with Gasteiger partial charge in [0.15, 0.2) is 6.61 Å². The number of carbonyl (C=O) groups is 3. The number of hydrogen-bond donors (Lipinski definition) is 2. The summed E-state index contributed by atoms with van der Waals surface area (Å²) in [6.07, 6.45) is 0.206. The van der Waals surface area contributed by atoms with Crippen molar-refractivity contribution in [1.29, 1.82) is 0 Å². The van der Waals surface area contributed by atoms with Gasteiger partial charge in [0.25, 0.3) is 11.8 Å². The van der Waals surface area contributed by atoms with E-state index >= 15 is 0 Å². The first-order valence-corrected chi connectivity index (χ1v) is 9.63. The topological polar surface area (TPSA) is 84.5 Å². The maximum atomic E-state index is 13.0. The van der Waals surface area contributed by atoms with E-state index in [2.05, 4.69) is 10.6 Å². The minimum Gasteiger partial charge on any atom is -0.454 e. The molecule has 3 aromatic carbocycles. The number of amides is 2. The van der Waals surface area contributed by atoms with Crippen LogP contribution < -0.4 is 10.6 Å². The number of ether oxygens (including phenoxy) is 1. The normalized spacial score (nSPS) is 11.3. The second-order valence-corrected chi connectivity index (χ2v) is 6.74. The van der Waals surface area contributed by atoms with E-state index in [0.717, 1.165) is 5.56 Å². The van der Waals surface area contributed by atoms with Gasteiger partial charge in [-0.15, -0.1) is 0 Å². The molecule has 158 valence electrons. The molecule has 0 saturated carbocycles. The van der Waals surface area contributed by atoms with Gasteiger partial charge in [0.1, 0.15) is 11.9 Å². The van der Waals surface area contributed by atoms with Crippen LogP contribution in [0.15, 0.2) is 84.9 Å². The molecule has 0 heterocycles. The summed E-state index contributed by atoms with van der Waals surface area (Å²) in [7, 11) is 0. The van der Waals surface area contributed by atoms with Crippen molar-refractivity contribution < 1.29 is 23.5 Å². The molecule has 1 atom stereocenters. The lowest BCUT2D eigenvalue weighted by molar-refractivity contribution is -0.149. The first-order valence-electron chi connectivity index (χ1n) is 9.63. The molecule has 0 spiro atoms. The predicted molar refractivity (Wildman–Crippen MR) is 114 cm³/mol. The molecule has 3 rings (SSSR count). The molecule has 0 aliphatic rings. The molecule has 0 radical (unpaired) electrons. The highest BCUT2D eigenvalue weighted by Crippen LogP contribution is 2.09. The quantitative estimate of drug-likeness (QED) is 0.548. The summed E-state index contributed by atoms with van der Waals surface area (Å²) < 4.78 is 18.1. The Morgan fingerprint density at radius 3 is 2.10 bits per heavy atom. The van der Waals surface area contributed by atoms with Gasteiger partial charge in [0.2, 0.25) is 0 Å². The maximum Gasteiger partial charge on any atom is 0.329 e. The zero-order chi connectivity index (χ0) is 22.1. The Kier molecular flexibility index (Phi) is 7.48. The Hall–Kier alpha value is -4.00. The number of halogens is 1. The van der Waals surface area contributed by atoms with Crippen molar-refractivity contribution >= 4 is 23.5 Å². The van der Waals surface area contributed by atoms with Crippen molar-refractivity contribution in [3.05, 3.63) is 102 Å². The zero-order valence-corrected chi connectivity index (χ0v) is 16.6. The molecule has 0 aliphatic carbocycles. The highest BCUT2D eigenvalue weighted by atomic mass is 19.1. The van der Waals surface area contributed by atoms with Crippen molar-refractivity contribution in [3.8, 4) is 0 Å². The van der Waals surface area contributed by atoms with Gasteiger partial charge in [-0.05, 0) is 42.0 Å². The van der Waals surface area contributed by atoms with Crippen molar-refractivity contribution in [1.82, 2.24) is 5.32 Å². The van der Waals surface area contributed by atoms with E-state index in [0.29, 0.717) is 11.3 Å². The molecule has 31 heavy (non-hydrogen) atoms. The summed E-state index contributed by atoms with van der Waals surface area (Å²) in [6, 6.07) is 21.9. The molecule has 0 bridgehead atoms. The van der Waals surface area contributed by atoms with Gasteiger partial charge in [-0.1, -0.05) is 48.5 Å². The average Bonchev–Trinajstić information content (AvgIpc) is 2.80. The van der Waals surface area contributed by atoms with Crippen molar-refractivity contribution in [2.45, 2.75) is 12.5 Å².